The van der Waals surface area contributed by atoms with Crippen LogP contribution in [0.15, 0.2) is 16.7 Å². The summed E-state index contributed by atoms with van der Waals surface area (Å²) in [5.41, 5.74) is 1.24. The number of morpholine rings is 1. The van der Waals surface area contributed by atoms with E-state index in [4.69, 9.17) is 4.74 Å². The van der Waals surface area contributed by atoms with E-state index in [-0.39, 0.29) is 0 Å². The molecule has 1 aromatic rings. The first-order valence-electron chi connectivity index (χ1n) is 7.27. The summed E-state index contributed by atoms with van der Waals surface area (Å²) in [6, 6.07) is 2.54. The van der Waals surface area contributed by atoms with Gasteiger partial charge in [-0.15, -0.1) is 0 Å². The molecule has 0 aliphatic carbocycles. The summed E-state index contributed by atoms with van der Waals surface area (Å²) in [4.78, 5) is 6.98. The van der Waals surface area contributed by atoms with Crippen molar-refractivity contribution in [2.24, 2.45) is 5.92 Å². The molecule has 5 heteroatoms. The molecule has 1 unspecified atom stereocenters. The molecule has 20 heavy (non-hydrogen) atoms. The topological polar surface area (TPSA) is 37.4 Å². The number of pyridine rings is 1. The summed E-state index contributed by atoms with van der Waals surface area (Å²) in [7, 11) is 0. The quantitative estimate of drug-likeness (QED) is 0.893. The number of hydrogen-bond donors (Lipinski definition) is 1. The lowest BCUT2D eigenvalue weighted by atomic mass is 10.1. The minimum Gasteiger partial charge on any atom is -0.377 e. The van der Waals surface area contributed by atoms with Gasteiger partial charge < -0.3 is 15.0 Å². The van der Waals surface area contributed by atoms with Crippen molar-refractivity contribution in [3.8, 4) is 0 Å². The molecule has 0 bridgehead atoms. The molecule has 0 saturated carbocycles. The van der Waals surface area contributed by atoms with Crippen molar-refractivity contribution in [2.45, 2.75) is 33.4 Å². The Bertz CT molecular complexity index is 439. The maximum Gasteiger partial charge on any atom is 0.133 e. The van der Waals surface area contributed by atoms with Gasteiger partial charge in [0.1, 0.15) is 5.82 Å². The second-order valence-corrected chi connectivity index (χ2v) is 6.69. The van der Waals surface area contributed by atoms with Gasteiger partial charge in [0, 0.05) is 29.3 Å². The molecule has 0 amide bonds. The fourth-order valence-corrected chi connectivity index (χ4v) is 2.78. The SMILES string of the molecule is CC(C)CNCc1cc(Br)cnc1N1CCOCC1C. The summed E-state index contributed by atoms with van der Waals surface area (Å²) in [5, 5.41) is 3.50. The first kappa shape index (κ1) is 15.7. The molecule has 1 saturated heterocycles. The van der Waals surface area contributed by atoms with Crippen LogP contribution in [0, 0.1) is 5.92 Å². The van der Waals surface area contributed by atoms with Crippen LogP contribution in [0.4, 0.5) is 5.82 Å². The summed E-state index contributed by atoms with van der Waals surface area (Å²) < 4.78 is 6.55. The minimum atomic E-state index is 0.376. The Kier molecular flexibility index (Phi) is 5.81. The second kappa shape index (κ2) is 7.38. The Morgan fingerprint density at radius 1 is 1.55 bits per heavy atom. The number of ether oxygens (including phenoxy) is 1. The summed E-state index contributed by atoms with van der Waals surface area (Å²) >= 11 is 3.52. The number of nitrogens with zero attached hydrogens (tertiary/aromatic N) is 2. The molecule has 4 nitrogen and oxygen atoms in total. The van der Waals surface area contributed by atoms with Crippen molar-refractivity contribution >= 4 is 21.7 Å². The number of hydrogen-bond acceptors (Lipinski definition) is 4. The lowest BCUT2D eigenvalue weighted by molar-refractivity contribution is 0.0984. The fraction of sp³-hybridized carbons (Fsp3) is 0.667. The molecule has 1 aliphatic heterocycles. The molecule has 1 aliphatic rings. The Labute approximate surface area is 130 Å². The van der Waals surface area contributed by atoms with Gasteiger partial charge in [0.15, 0.2) is 0 Å². The Morgan fingerprint density at radius 2 is 2.35 bits per heavy atom. The highest BCUT2D eigenvalue weighted by Gasteiger charge is 2.22. The number of nitrogens with one attached hydrogen (secondary N) is 1. The molecule has 2 heterocycles. The standard InChI is InChI=1S/C15H24BrN3O/c1-11(2)7-17-8-13-6-14(16)9-18-15(13)19-4-5-20-10-12(19)3/h6,9,11-12,17H,4-5,7-8,10H2,1-3H3. The molecule has 0 spiro atoms. The smallest absolute Gasteiger partial charge is 0.133 e. The monoisotopic (exact) mass is 341 g/mol. The van der Waals surface area contributed by atoms with E-state index in [1.165, 1.54) is 5.56 Å². The molecule has 0 radical (unpaired) electrons. The van der Waals surface area contributed by atoms with Crippen molar-refractivity contribution in [3.05, 3.63) is 22.3 Å². The predicted molar refractivity (Wildman–Crippen MR) is 86.1 cm³/mol. The van der Waals surface area contributed by atoms with Crippen molar-refractivity contribution in [3.63, 3.8) is 0 Å². The third kappa shape index (κ3) is 4.17. The minimum absolute atomic E-state index is 0.376. The van der Waals surface area contributed by atoms with Gasteiger partial charge in [-0.1, -0.05) is 13.8 Å². The van der Waals surface area contributed by atoms with Crippen LogP contribution in [0.3, 0.4) is 0 Å². The molecule has 1 atom stereocenters. The van der Waals surface area contributed by atoms with Crippen LogP contribution < -0.4 is 10.2 Å². The lowest BCUT2D eigenvalue weighted by Gasteiger charge is -2.35. The van der Waals surface area contributed by atoms with Crippen LogP contribution >= 0.6 is 15.9 Å². The zero-order valence-electron chi connectivity index (χ0n) is 12.5. The highest BCUT2D eigenvalue weighted by atomic mass is 79.9. The molecule has 2 rings (SSSR count). The van der Waals surface area contributed by atoms with E-state index in [0.29, 0.717) is 12.0 Å². The van der Waals surface area contributed by atoms with Crippen LogP contribution in [-0.4, -0.2) is 37.3 Å². The van der Waals surface area contributed by atoms with E-state index in [0.717, 1.165) is 43.1 Å². The summed E-state index contributed by atoms with van der Waals surface area (Å²) in [5.74, 6) is 1.74. The third-order valence-corrected chi connectivity index (χ3v) is 3.85. The van der Waals surface area contributed by atoms with E-state index < -0.39 is 0 Å². The van der Waals surface area contributed by atoms with E-state index in [9.17, 15) is 0 Å². The van der Waals surface area contributed by atoms with Crippen LogP contribution in [0.2, 0.25) is 0 Å². The van der Waals surface area contributed by atoms with Gasteiger partial charge in [-0.2, -0.15) is 0 Å². The Hall–Kier alpha value is -0.650. The summed E-state index contributed by atoms with van der Waals surface area (Å²) in [6.45, 7) is 11.0. The molecule has 1 N–H and O–H groups in total. The van der Waals surface area contributed by atoms with Crippen LogP contribution in [0.25, 0.3) is 0 Å². The van der Waals surface area contributed by atoms with Crippen molar-refractivity contribution < 1.29 is 4.74 Å². The highest BCUT2D eigenvalue weighted by Crippen LogP contribution is 2.24. The van der Waals surface area contributed by atoms with Crippen molar-refractivity contribution in [2.75, 3.05) is 31.2 Å². The normalized spacial score (nSPS) is 19.6. The summed E-state index contributed by atoms with van der Waals surface area (Å²) in [6.07, 6.45) is 1.88. The van der Waals surface area contributed by atoms with Gasteiger partial charge in [0.25, 0.3) is 0 Å². The lowest BCUT2D eigenvalue weighted by Crippen LogP contribution is -2.44. The molecule has 1 aromatic heterocycles. The maximum absolute atomic E-state index is 5.52. The number of anilines is 1. The maximum atomic E-state index is 5.52. The van der Waals surface area contributed by atoms with Gasteiger partial charge >= 0.3 is 0 Å². The first-order valence-corrected chi connectivity index (χ1v) is 8.06. The van der Waals surface area contributed by atoms with Gasteiger partial charge in [0.05, 0.1) is 19.3 Å². The largest absolute Gasteiger partial charge is 0.377 e. The van der Waals surface area contributed by atoms with E-state index in [2.05, 4.69) is 58.0 Å². The Morgan fingerprint density at radius 3 is 3.05 bits per heavy atom. The van der Waals surface area contributed by atoms with Gasteiger partial charge in [0.2, 0.25) is 0 Å². The van der Waals surface area contributed by atoms with E-state index >= 15 is 0 Å². The first-order chi connectivity index (χ1) is 9.58. The number of aromatic nitrogens is 1. The molecular formula is C15H24BrN3O. The van der Waals surface area contributed by atoms with Gasteiger partial charge in [-0.05, 0) is 41.4 Å². The van der Waals surface area contributed by atoms with Gasteiger partial charge in [-0.3, -0.25) is 0 Å². The molecular weight excluding hydrogens is 318 g/mol. The van der Waals surface area contributed by atoms with Crippen molar-refractivity contribution in [1.82, 2.24) is 10.3 Å². The zero-order valence-corrected chi connectivity index (χ0v) is 14.1. The molecule has 0 aromatic carbocycles. The average Bonchev–Trinajstić information content (AvgIpc) is 2.40. The third-order valence-electron chi connectivity index (χ3n) is 3.42. The molecule has 1 fully saturated rings. The van der Waals surface area contributed by atoms with Crippen molar-refractivity contribution in [1.29, 1.82) is 0 Å². The van der Waals surface area contributed by atoms with Crippen LogP contribution in [0.1, 0.15) is 26.3 Å². The van der Waals surface area contributed by atoms with E-state index in [1.54, 1.807) is 0 Å². The Balaban J connectivity index is 2.14. The zero-order chi connectivity index (χ0) is 14.5. The van der Waals surface area contributed by atoms with Gasteiger partial charge in [-0.25, -0.2) is 4.98 Å². The predicted octanol–water partition coefficient (Wildman–Crippen LogP) is 2.81. The second-order valence-electron chi connectivity index (χ2n) is 5.78. The van der Waals surface area contributed by atoms with Crippen LogP contribution in [0.5, 0.6) is 0 Å². The average molecular weight is 342 g/mol. The number of halogens is 1. The molecule has 112 valence electrons. The van der Waals surface area contributed by atoms with E-state index in [1.807, 2.05) is 6.20 Å². The number of rotatable bonds is 5. The van der Waals surface area contributed by atoms with Crippen LogP contribution in [-0.2, 0) is 11.3 Å². The highest BCUT2D eigenvalue weighted by molar-refractivity contribution is 9.10. The fourth-order valence-electron chi connectivity index (χ4n) is 2.40.